The highest BCUT2D eigenvalue weighted by molar-refractivity contribution is 14.1. The van der Waals surface area contributed by atoms with E-state index in [4.69, 9.17) is 4.42 Å². The number of carbonyl (C=O) groups excluding carboxylic acids is 1. The van der Waals surface area contributed by atoms with E-state index in [1.165, 1.54) is 0 Å². The average molecular weight is 392 g/mol. The number of rotatable bonds is 3. The van der Waals surface area contributed by atoms with Crippen molar-refractivity contribution in [2.45, 2.75) is 13.0 Å². The summed E-state index contributed by atoms with van der Waals surface area (Å²) in [5, 5.41) is 2.90. The third kappa shape index (κ3) is 3.07. The van der Waals surface area contributed by atoms with Crippen LogP contribution in [0, 0.1) is 3.57 Å². The molecule has 0 fully saturated rings. The molecule has 4 nitrogen and oxygen atoms in total. The molecule has 1 unspecified atom stereocenters. The molecule has 0 aliphatic heterocycles. The Kier molecular flexibility index (Phi) is 3.92. The zero-order valence-electron chi connectivity index (χ0n) is 11.3. The Balaban J connectivity index is 1.79. The van der Waals surface area contributed by atoms with Crippen molar-refractivity contribution in [3.05, 3.63) is 63.6 Å². The van der Waals surface area contributed by atoms with Gasteiger partial charge in [0.05, 0.1) is 0 Å². The van der Waals surface area contributed by atoms with Crippen LogP contribution < -0.4 is 5.32 Å². The number of benzene rings is 2. The van der Waals surface area contributed by atoms with Gasteiger partial charge in [0.2, 0.25) is 5.89 Å². The third-order valence-corrected chi connectivity index (χ3v) is 3.79. The molecule has 1 N–H and O–H groups in total. The predicted octanol–water partition coefficient (Wildman–Crippen LogP) is 3.92. The largest absolute Gasteiger partial charge is 0.438 e. The fourth-order valence-corrected chi connectivity index (χ4v) is 2.59. The molecule has 0 aliphatic carbocycles. The highest BCUT2D eigenvalue weighted by atomic mass is 127. The molecule has 106 valence electrons. The number of nitrogens with one attached hydrogen (secondary N) is 1. The molecule has 1 amide bonds. The minimum atomic E-state index is -0.289. The maximum atomic E-state index is 12.2. The predicted molar refractivity (Wildman–Crippen MR) is 89.0 cm³/mol. The fourth-order valence-electron chi connectivity index (χ4n) is 2.05. The summed E-state index contributed by atoms with van der Waals surface area (Å²) in [4.78, 5) is 16.6. The van der Waals surface area contributed by atoms with Crippen LogP contribution in [0.4, 0.5) is 0 Å². The summed E-state index contributed by atoms with van der Waals surface area (Å²) >= 11 is 2.18. The van der Waals surface area contributed by atoms with E-state index in [2.05, 4.69) is 32.9 Å². The van der Waals surface area contributed by atoms with Crippen molar-refractivity contribution < 1.29 is 9.21 Å². The molecule has 5 heteroatoms. The number of para-hydroxylation sites is 2. The molecule has 2 aromatic carbocycles. The van der Waals surface area contributed by atoms with Gasteiger partial charge >= 0.3 is 0 Å². The van der Waals surface area contributed by atoms with Gasteiger partial charge in [0.1, 0.15) is 11.6 Å². The average Bonchev–Trinajstić information content (AvgIpc) is 2.91. The monoisotopic (exact) mass is 392 g/mol. The Morgan fingerprint density at radius 3 is 2.81 bits per heavy atom. The Morgan fingerprint density at radius 1 is 1.24 bits per heavy atom. The summed E-state index contributed by atoms with van der Waals surface area (Å²) in [6.45, 7) is 1.86. The number of carbonyl (C=O) groups is 1. The molecule has 0 bridgehead atoms. The number of oxazole rings is 1. The Labute approximate surface area is 135 Å². The van der Waals surface area contributed by atoms with Gasteiger partial charge in [0.25, 0.3) is 5.91 Å². The lowest BCUT2D eigenvalue weighted by Crippen LogP contribution is -2.26. The molecule has 0 saturated heterocycles. The molecule has 3 rings (SSSR count). The van der Waals surface area contributed by atoms with Gasteiger partial charge in [0, 0.05) is 9.13 Å². The summed E-state index contributed by atoms with van der Waals surface area (Å²) in [6, 6.07) is 14.7. The minimum Gasteiger partial charge on any atom is -0.438 e. The van der Waals surface area contributed by atoms with Crippen LogP contribution in [0.15, 0.2) is 52.9 Å². The van der Waals surface area contributed by atoms with E-state index >= 15 is 0 Å². The van der Waals surface area contributed by atoms with Gasteiger partial charge in [-0.2, -0.15) is 0 Å². The standard InChI is InChI=1S/C16H13IN2O2/c1-10(16-19-13-7-2-3-8-14(13)21-16)18-15(20)11-5-4-6-12(17)9-11/h2-10H,1H3,(H,18,20). The van der Waals surface area contributed by atoms with Crippen LogP contribution in [0.2, 0.25) is 0 Å². The van der Waals surface area contributed by atoms with E-state index in [0.717, 1.165) is 14.7 Å². The first-order valence-electron chi connectivity index (χ1n) is 6.55. The van der Waals surface area contributed by atoms with Gasteiger partial charge < -0.3 is 9.73 Å². The second-order valence-electron chi connectivity index (χ2n) is 4.73. The van der Waals surface area contributed by atoms with Crippen LogP contribution in [-0.2, 0) is 0 Å². The molecule has 0 aliphatic rings. The lowest BCUT2D eigenvalue weighted by molar-refractivity contribution is 0.0934. The highest BCUT2D eigenvalue weighted by Gasteiger charge is 2.16. The molecule has 0 spiro atoms. The third-order valence-electron chi connectivity index (χ3n) is 3.12. The van der Waals surface area contributed by atoms with Gasteiger partial charge in [-0.25, -0.2) is 4.98 Å². The van der Waals surface area contributed by atoms with E-state index in [0.29, 0.717) is 11.5 Å². The van der Waals surface area contributed by atoms with Crippen molar-refractivity contribution in [2.24, 2.45) is 0 Å². The van der Waals surface area contributed by atoms with Crippen molar-refractivity contribution >= 4 is 39.6 Å². The number of halogens is 1. The molecular weight excluding hydrogens is 379 g/mol. The summed E-state index contributed by atoms with van der Waals surface area (Å²) in [6.07, 6.45) is 0. The van der Waals surface area contributed by atoms with Crippen molar-refractivity contribution in [1.29, 1.82) is 0 Å². The van der Waals surface area contributed by atoms with Gasteiger partial charge in [-0.1, -0.05) is 18.2 Å². The minimum absolute atomic E-state index is 0.136. The van der Waals surface area contributed by atoms with Gasteiger partial charge in [-0.3, -0.25) is 4.79 Å². The van der Waals surface area contributed by atoms with Gasteiger partial charge in [0.15, 0.2) is 5.58 Å². The van der Waals surface area contributed by atoms with Crippen LogP contribution in [0.5, 0.6) is 0 Å². The highest BCUT2D eigenvalue weighted by Crippen LogP contribution is 2.20. The second-order valence-corrected chi connectivity index (χ2v) is 5.97. The lowest BCUT2D eigenvalue weighted by Gasteiger charge is -2.10. The first-order chi connectivity index (χ1) is 10.1. The Hall–Kier alpha value is -1.89. The number of hydrogen-bond donors (Lipinski definition) is 1. The summed E-state index contributed by atoms with van der Waals surface area (Å²) in [5.41, 5.74) is 2.15. The molecule has 1 heterocycles. The molecule has 0 saturated carbocycles. The van der Waals surface area contributed by atoms with Crippen LogP contribution in [0.1, 0.15) is 29.2 Å². The summed E-state index contributed by atoms with van der Waals surface area (Å²) < 4.78 is 6.69. The van der Waals surface area contributed by atoms with Crippen LogP contribution >= 0.6 is 22.6 Å². The van der Waals surface area contributed by atoms with Crippen molar-refractivity contribution in [1.82, 2.24) is 10.3 Å². The van der Waals surface area contributed by atoms with E-state index in [1.54, 1.807) is 6.07 Å². The van der Waals surface area contributed by atoms with Gasteiger partial charge in [-0.05, 0) is 59.8 Å². The van der Waals surface area contributed by atoms with Gasteiger partial charge in [-0.15, -0.1) is 0 Å². The lowest BCUT2D eigenvalue weighted by atomic mass is 10.2. The smallest absolute Gasteiger partial charge is 0.251 e. The first kappa shape index (κ1) is 14.1. The van der Waals surface area contributed by atoms with Crippen molar-refractivity contribution in [3.63, 3.8) is 0 Å². The quantitative estimate of drug-likeness (QED) is 0.688. The van der Waals surface area contributed by atoms with Crippen LogP contribution in [-0.4, -0.2) is 10.9 Å². The van der Waals surface area contributed by atoms with Crippen molar-refractivity contribution in [2.75, 3.05) is 0 Å². The SMILES string of the molecule is CC(NC(=O)c1cccc(I)c1)c1nc2ccccc2o1. The number of nitrogens with zero attached hydrogens (tertiary/aromatic N) is 1. The van der Waals surface area contributed by atoms with E-state index in [1.807, 2.05) is 49.4 Å². The Morgan fingerprint density at radius 2 is 2.05 bits per heavy atom. The molecular formula is C16H13IN2O2. The maximum absolute atomic E-state index is 12.2. The molecule has 0 radical (unpaired) electrons. The molecule has 3 aromatic rings. The van der Waals surface area contributed by atoms with Crippen LogP contribution in [0.3, 0.4) is 0 Å². The number of aromatic nitrogens is 1. The Bertz CT molecular complexity index is 765. The fraction of sp³-hybridized carbons (Fsp3) is 0.125. The second kappa shape index (κ2) is 5.85. The first-order valence-corrected chi connectivity index (χ1v) is 7.63. The summed E-state index contributed by atoms with van der Waals surface area (Å²) in [7, 11) is 0. The number of amides is 1. The maximum Gasteiger partial charge on any atom is 0.251 e. The van der Waals surface area contributed by atoms with E-state index in [9.17, 15) is 4.79 Å². The van der Waals surface area contributed by atoms with E-state index < -0.39 is 0 Å². The van der Waals surface area contributed by atoms with Crippen molar-refractivity contribution in [3.8, 4) is 0 Å². The number of fused-ring (bicyclic) bond motifs is 1. The zero-order chi connectivity index (χ0) is 14.8. The molecule has 1 aromatic heterocycles. The van der Waals surface area contributed by atoms with Crippen LogP contribution in [0.25, 0.3) is 11.1 Å². The topological polar surface area (TPSA) is 55.1 Å². The number of hydrogen-bond acceptors (Lipinski definition) is 3. The summed E-state index contributed by atoms with van der Waals surface area (Å²) in [5.74, 6) is 0.374. The normalized spacial score (nSPS) is 12.3. The molecule has 21 heavy (non-hydrogen) atoms. The van der Waals surface area contributed by atoms with E-state index in [-0.39, 0.29) is 11.9 Å². The zero-order valence-corrected chi connectivity index (χ0v) is 13.5. The molecule has 1 atom stereocenters.